The normalized spacial score (nSPS) is 13.6. The van der Waals surface area contributed by atoms with Gasteiger partial charge in [0.15, 0.2) is 0 Å². The molecule has 0 bridgehead atoms. The van der Waals surface area contributed by atoms with Crippen LogP contribution in [0.4, 0.5) is 0 Å². The molecule has 0 aliphatic rings. The average molecular weight is 493 g/mol. The van der Waals surface area contributed by atoms with E-state index in [0.717, 1.165) is 11.1 Å². The first-order chi connectivity index (χ1) is 16.3. The topological polar surface area (TPSA) is 134 Å². The van der Waals surface area contributed by atoms with Crippen LogP contribution in [0.15, 0.2) is 48.5 Å². The zero-order valence-corrected chi connectivity index (χ0v) is 20.5. The summed E-state index contributed by atoms with van der Waals surface area (Å²) in [5.74, 6) is -0.920. The molecule has 0 aromatic heterocycles. The molecular weight excluding hydrogens is 459 g/mol. The van der Waals surface area contributed by atoms with Gasteiger partial charge in [-0.3, -0.25) is 14.2 Å². The number of benzene rings is 2. The quantitative estimate of drug-likeness (QED) is 0.232. The summed E-state index contributed by atoms with van der Waals surface area (Å²) in [6.45, 7) is 4.20. The van der Waals surface area contributed by atoms with Crippen molar-refractivity contribution in [3.8, 4) is 11.5 Å². The molecule has 0 fully saturated rings. The third kappa shape index (κ3) is 9.55. The van der Waals surface area contributed by atoms with Crippen molar-refractivity contribution < 1.29 is 33.8 Å². The first kappa shape index (κ1) is 27.4. The van der Waals surface area contributed by atoms with Crippen LogP contribution < -0.4 is 10.2 Å². The summed E-state index contributed by atoms with van der Waals surface area (Å²) in [5, 5.41) is 24.5. The van der Waals surface area contributed by atoms with Crippen LogP contribution in [0.5, 0.6) is 11.5 Å². The van der Waals surface area contributed by atoms with Gasteiger partial charge in [0.2, 0.25) is 8.10 Å². The molecule has 0 heterocycles. The van der Waals surface area contributed by atoms with Crippen LogP contribution in [0.3, 0.4) is 0 Å². The zero-order chi connectivity index (χ0) is 24.9. The Labute approximate surface area is 200 Å². The van der Waals surface area contributed by atoms with Crippen molar-refractivity contribution in [3.63, 3.8) is 0 Å². The molecular formula is C24H33N2O7P. The van der Waals surface area contributed by atoms with Crippen molar-refractivity contribution >= 4 is 20.0 Å². The fourth-order valence-corrected chi connectivity index (χ4v) is 4.24. The lowest BCUT2D eigenvalue weighted by molar-refractivity contribution is -0.146. The minimum absolute atomic E-state index is 0.0970. The second kappa shape index (κ2) is 14.4. The maximum atomic E-state index is 13.0. The molecule has 0 radical (unpaired) electrons. The van der Waals surface area contributed by atoms with E-state index in [1.807, 2.05) is 13.8 Å². The van der Waals surface area contributed by atoms with Crippen LogP contribution in [-0.2, 0) is 36.5 Å². The number of hydrogen-bond acceptors (Lipinski definition) is 7. The van der Waals surface area contributed by atoms with E-state index in [1.165, 1.54) is 24.3 Å². The Morgan fingerprint density at radius 1 is 0.765 bits per heavy atom. The van der Waals surface area contributed by atoms with Crippen molar-refractivity contribution in [3.05, 3.63) is 59.7 Å². The Kier molecular flexibility index (Phi) is 11.6. The number of carbonyl (C=O) groups excluding carboxylic acids is 2. The molecule has 0 spiro atoms. The number of ether oxygens (including phenoxy) is 2. The number of esters is 2. The Balaban J connectivity index is 2.12. The molecule has 2 aromatic carbocycles. The SMILES string of the molecule is CCCOC(=O)C(Cc1ccc(O)cc1)N[PH](=O)NC(Cc1ccc(O)cc1)C(=O)OCCC. The minimum atomic E-state index is -2.83. The number of aromatic hydroxyl groups is 2. The largest absolute Gasteiger partial charge is 0.508 e. The van der Waals surface area contributed by atoms with Crippen molar-refractivity contribution in [2.24, 2.45) is 0 Å². The number of hydrogen-bond donors (Lipinski definition) is 4. The molecule has 0 aliphatic heterocycles. The van der Waals surface area contributed by atoms with Crippen LogP contribution in [0.2, 0.25) is 0 Å². The number of phenolic OH excluding ortho intramolecular Hbond substituents is 2. The Bertz CT molecular complexity index is 860. The molecule has 2 atom stereocenters. The molecule has 2 rings (SSSR count). The molecule has 0 saturated heterocycles. The first-order valence-corrected chi connectivity index (χ1v) is 12.7. The molecule has 186 valence electrons. The smallest absolute Gasteiger partial charge is 0.323 e. The van der Waals surface area contributed by atoms with E-state index in [1.54, 1.807) is 24.3 Å². The van der Waals surface area contributed by atoms with Gasteiger partial charge >= 0.3 is 11.9 Å². The maximum absolute atomic E-state index is 13.0. The summed E-state index contributed by atoms with van der Waals surface area (Å²) < 4.78 is 23.5. The summed E-state index contributed by atoms with van der Waals surface area (Å²) in [6.07, 6.45) is 1.65. The second-order valence-corrected chi connectivity index (χ2v) is 9.03. The van der Waals surface area contributed by atoms with Gasteiger partial charge in [0.1, 0.15) is 23.6 Å². The Hall–Kier alpha value is -2.87. The first-order valence-electron chi connectivity index (χ1n) is 11.3. The number of phenols is 2. The van der Waals surface area contributed by atoms with Gasteiger partial charge in [0, 0.05) is 0 Å². The van der Waals surface area contributed by atoms with Crippen molar-refractivity contribution in [1.29, 1.82) is 0 Å². The van der Waals surface area contributed by atoms with Gasteiger partial charge in [-0.25, -0.2) is 10.2 Å². The Morgan fingerprint density at radius 3 is 1.44 bits per heavy atom. The molecule has 34 heavy (non-hydrogen) atoms. The monoisotopic (exact) mass is 492 g/mol. The molecule has 0 amide bonds. The highest BCUT2D eigenvalue weighted by molar-refractivity contribution is 7.40. The van der Waals surface area contributed by atoms with Crippen molar-refractivity contribution in [2.45, 2.75) is 51.6 Å². The highest BCUT2D eigenvalue weighted by atomic mass is 31.1. The van der Waals surface area contributed by atoms with Crippen LogP contribution in [0, 0.1) is 0 Å². The lowest BCUT2D eigenvalue weighted by Crippen LogP contribution is -2.42. The van der Waals surface area contributed by atoms with Crippen LogP contribution in [0.1, 0.15) is 37.8 Å². The van der Waals surface area contributed by atoms with E-state index in [4.69, 9.17) is 9.47 Å². The number of nitrogens with one attached hydrogen (secondary N) is 2. The summed E-state index contributed by atoms with van der Waals surface area (Å²) in [6, 6.07) is 10.8. The maximum Gasteiger partial charge on any atom is 0.323 e. The van der Waals surface area contributed by atoms with Gasteiger partial charge in [-0.05, 0) is 61.1 Å². The van der Waals surface area contributed by atoms with Crippen molar-refractivity contribution in [2.75, 3.05) is 13.2 Å². The molecule has 2 aromatic rings. The van der Waals surface area contributed by atoms with E-state index >= 15 is 0 Å². The zero-order valence-electron chi connectivity index (χ0n) is 19.5. The van der Waals surface area contributed by atoms with Crippen molar-refractivity contribution in [1.82, 2.24) is 10.2 Å². The second-order valence-electron chi connectivity index (χ2n) is 7.80. The summed E-state index contributed by atoms with van der Waals surface area (Å²) >= 11 is 0. The number of carbonyl (C=O) groups is 2. The molecule has 9 nitrogen and oxygen atoms in total. The van der Waals surface area contributed by atoms with E-state index in [-0.39, 0.29) is 37.6 Å². The van der Waals surface area contributed by atoms with Gasteiger partial charge in [0.25, 0.3) is 0 Å². The van der Waals surface area contributed by atoms with E-state index in [2.05, 4.69) is 10.2 Å². The molecule has 2 unspecified atom stereocenters. The predicted molar refractivity (Wildman–Crippen MR) is 129 cm³/mol. The van der Waals surface area contributed by atoms with E-state index in [9.17, 15) is 24.4 Å². The molecule has 0 aliphatic carbocycles. The fourth-order valence-electron chi connectivity index (χ4n) is 3.09. The molecule has 0 saturated carbocycles. The molecule has 10 heteroatoms. The van der Waals surface area contributed by atoms with E-state index in [0.29, 0.717) is 12.8 Å². The highest BCUT2D eigenvalue weighted by Crippen LogP contribution is 2.19. The highest BCUT2D eigenvalue weighted by Gasteiger charge is 2.26. The third-order valence-electron chi connectivity index (χ3n) is 4.83. The van der Waals surface area contributed by atoms with Gasteiger partial charge < -0.3 is 19.7 Å². The summed E-state index contributed by atoms with van der Waals surface area (Å²) in [4.78, 5) is 25.2. The lowest BCUT2D eigenvalue weighted by Gasteiger charge is -2.21. The average Bonchev–Trinajstić information content (AvgIpc) is 2.82. The van der Waals surface area contributed by atoms with Gasteiger partial charge in [-0.15, -0.1) is 0 Å². The van der Waals surface area contributed by atoms with Gasteiger partial charge in [0.05, 0.1) is 13.2 Å². The number of rotatable bonds is 14. The summed E-state index contributed by atoms with van der Waals surface area (Å²) in [5.41, 5.74) is 1.48. The molecule has 4 N–H and O–H groups in total. The fraction of sp³-hybridized carbons (Fsp3) is 0.417. The van der Waals surface area contributed by atoms with Crippen LogP contribution >= 0.6 is 8.10 Å². The lowest BCUT2D eigenvalue weighted by atomic mass is 10.1. The van der Waals surface area contributed by atoms with Gasteiger partial charge in [-0.1, -0.05) is 38.1 Å². The predicted octanol–water partition coefficient (Wildman–Crippen LogP) is 3.10. The Morgan fingerprint density at radius 2 is 1.12 bits per heavy atom. The van der Waals surface area contributed by atoms with E-state index < -0.39 is 32.1 Å². The van der Waals surface area contributed by atoms with Crippen LogP contribution in [-0.4, -0.2) is 47.4 Å². The van der Waals surface area contributed by atoms with Crippen LogP contribution in [0.25, 0.3) is 0 Å². The third-order valence-corrected chi connectivity index (χ3v) is 6.05. The minimum Gasteiger partial charge on any atom is -0.508 e. The van der Waals surface area contributed by atoms with Gasteiger partial charge in [-0.2, -0.15) is 0 Å². The standard InChI is InChI=1S/C24H33N2O7P/c1-3-13-32-23(29)21(15-17-5-9-19(27)10-6-17)25-34(31)26-22(24(30)33-14-4-2)16-18-7-11-20(28)12-8-18/h5-12,21-22,27-28,34H,3-4,13-16H2,1-2H3,(H2,25,26,31). The summed E-state index contributed by atoms with van der Waals surface area (Å²) in [7, 11) is -2.83.